The lowest BCUT2D eigenvalue weighted by atomic mass is 9.51. The van der Waals surface area contributed by atoms with Gasteiger partial charge in [0, 0.05) is 0 Å². The molecule has 3 unspecified atom stereocenters. The SMILES string of the molecule is CC(C)C1CCC(C)(CP(=O)(O)O)C(C)(P(=O)(O)O)C1(C)C. The van der Waals surface area contributed by atoms with Crippen LogP contribution in [0, 0.1) is 22.7 Å². The van der Waals surface area contributed by atoms with Crippen molar-refractivity contribution in [2.75, 3.05) is 6.16 Å². The standard InChI is InChI=1S/C14H30O6P2/c1-10(2)11-7-8-13(5,9-21(15,16)17)14(6,12(11,3)4)22(18,19)20/h10-11H,7-9H2,1-6H3,(H2,15,16,17)(H2,18,19,20). The van der Waals surface area contributed by atoms with Gasteiger partial charge in [0.15, 0.2) is 0 Å². The van der Waals surface area contributed by atoms with Gasteiger partial charge < -0.3 is 19.6 Å². The normalized spacial score (nSPS) is 36.6. The Morgan fingerprint density at radius 2 is 1.50 bits per heavy atom. The van der Waals surface area contributed by atoms with Crippen LogP contribution in [-0.2, 0) is 9.13 Å². The Kier molecular flexibility index (Phi) is 5.26. The van der Waals surface area contributed by atoms with Crippen LogP contribution in [0.2, 0.25) is 0 Å². The molecule has 1 rings (SSSR count). The second kappa shape index (κ2) is 5.68. The van der Waals surface area contributed by atoms with Gasteiger partial charge in [-0.25, -0.2) is 0 Å². The van der Waals surface area contributed by atoms with E-state index >= 15 is 0 Å². The minimum atomic E-state index is -4.60. The van der Waals surface area contributed by atoms with E-state index in [9.17, 15) is 28.7 Å². The smallest absolute Gasteiger partial charge is 0.324 e. The second-order valence-electron chi connectivity index (χ2n) is 8.11. The number of hydrogen-bond donors (Lipinski definition) is 4. The molecular weight excluding hydrogens is 326 g/mol. The van der Waals surface area contributed by atoms with Crippen molar-refractivity contribution in [2.45, 2.75) is 59.5 Å². The van der Waals surface area contributed by atoms with Gasteiger partial charge in [0.25, 0.3) is 0 Å². The van der Waals surface area contributed by atoms with Crippen molar-refractivity contribution in [1.82, 2.24) is 0 Å². The van der Waals surface area contributed by atoms with E-state index in [4.69, 9.17) is 0 Å². The van der Waals surface area contributed by atoms with E-state index in [0.29, 0.717) is 12.8 Å². The third kappa shape index (κ3) is 3.11. The summed E-state index contributed by atoms with van der Waals surface area (Å²) in [5.74, 6) is 0.315. The quantitative estimate of drug-likeness (QED) is 0.575. The molecule has 6 nitrogen and oxygen atoms in total. The minimum Gasteiger partial charge on any atom is -0.324 e. The van der Waals surface area contributed by atoms with Crippen LogP contribution in [0.25, 0.3) is 0 Å². The Bertz CT molecular complexity index is 519. The summed E-state index contributed by atoms with van der Waals surface area (Å²) in [6.07, 6.45) is 0.596. The first-order chi connectivity index (χ1) is 9.50. The largest absolute Gasteiger partial charge is 0.332 e. The van der Waals surface area contributed by atoms with Gasteiger partial charge in [0.05, 0.1) is 11.3 Å². The van der Waals surface area contributed by atoms with Crippen molar-refractivity contribution in [2.24, 2.45) is 22.7 Å². The zero-order valence-corrected chi connectivity index (χ0v) is 16.1. The first kappa shape index (κ1) is 20.3. The van der Waals surface area contributed by atoms with Crippen LogP contribution in [0.15, 0.2) is 0 Å². The molecule has 0 spiro atoms. The molecular formula is C14H30O6P2. The number of hydrogen-bond acceptors (Lipinski definition) is 2. The minimum absolute atomic E-state index is 0.0787. The molecule has 4 N–H and O–H groups in total. The highest BCUT2D eigenvalue weighted by Gasteiger charge is 2.68. The average Bonchev–Trinajstić information content (AvgIpc) is 2.20. The summed E-state index contributed by atoms with van der Waals surface area (Å²) in [7, 11) is -8.99. The van der Waals surface area contributed by atoms with Gasteiger partial charge in [-0.2, -0.15) is 0 Å². The molecule has 1 aliphatic carbocycles. The predicted octanol–water partition coefficient (Wildman–Crippen LogP) is 3.20. The highest BCUT2D eigenvalue weighted by Crippen LogP contribution is 2.74. The third-order valence-electron chi connectivity index (χ3n) is 6.31. The molecule has 8 heteroatoms. The van der Waals surface area contributed by atoms with Crippen molar-refractivity contribution < 1.29 is 28.7 Å². The summed E-state index contributed by atoms with van der Waals surface area (Å²) >= 11 is 0. The van der Waals surface area contributed by atoms with Crippen molar-refractivity contribution >= 4 is 15.2 Å². The van der Waals surface area contributed by atoms with Crippen LogP contribution in [0.1, 0.15) is 54.4 Å². The molecule has 1 aliphatic rings. The first-order valence-corrected chi connectivity index (χ1v) is 11.0. The molecule has 132 valence electrons. The molecule has 0 aromatic carbocycles. The Morgan fingerprint density at radius 3 is 1.82 bits per heavy atom. The van der Waals surface area contributed by atoms with Crippen LogP contribution in [-0.4, -0.2) is 30.9 Å². The molecule has 0 saturated heterocycles. The zero-order chi connectivity index (χ0) is 17.8. The van der Waals surface area contributed by atoms with Gasteiger partial charge in [-0.3, -0.25) is 9.13 Å². The maximum atomic E-state index is 12.4. The molecule has 3 atom stereocenters. The summed E-state index contributed by atoms with van der Waals surface area (Å²) < 4.78 is 24.0. The Hall–Kier alpha value is 0.300. The molecule has 0 heterocycles. The van der Waals surface area contributed by atoms with Crippen LogP contribution in [0.4, 0.5) is 0 Å². The van der Waals surface area contributed by atoms with E-state index in [1.807, 2.05) is 27.7 Å². The van der Waals surface area contributed by atoms with Gasteiger partial charge in [-0.05, 0) is 42.4 Å². The molecule has 0 amide bonds. The maximum absolute atomic E-state index is 12.4. The summed E-state index contributed by atoms with van der Waals surface area (Å²) in [4.78, 5) is 39.1. The van der Waals surface area contributed by atoms with E-state index in [2.05, 4.69) is 0 Å². The summed E-state index contributed by atoms with van der Waals surface area (Å²) in [5.41, 5.74) is -1.87. The second-order valence-corrected chi connectivity index (χ2v) is 11.7. The maximum Gasteiger partial charge on any atom is 0.332 e. The highest BCUT2D eigenvalue weighted by atomic mass is 31.2. The lowest BCUT2D eigenvalue weighted by Gasteiger charge is -2.62. The van der Waals surface area contributed by atoms with Gasteiger partial charge in [0.2, 0.25) is 0 Å². The average molecular weight is 356 g/mol. The molecule has 1 fully saturated rings. The van der Waals surface area contributed by atoms with Gasteiger partial charge in [0.1, 0.15) is 0 Å². The van der Waals surface area contributed by atoms with E-state index in [0.717, 1.165) is 0 Å². The Morgan fingerprint density at radius 1 is 1.05 bits per heavy atom. The van der Waals surface area contributed by atoms with Crippen molar-refractivity contribution in [3.8, 4) is 0 Å². The van der Waals surface area contributed by atoms with Crippen molar-refractivity contribution in [3.05, 3.63) is 0 Å². The van der Waals surface area contributed by atoms with E-state index in [-0.39, 0.29) is 11.8 Å². The molecule has 0 aliphatic heterocycles. The topological polar surface area (TPSA) is 115 Å². The molecule has 0 aromatic heterocycles. The van der Waals surface area contributed by atoms with Gasteiger partial charge >= 0.3 is 15.2 Å². The lowest BCUT2D eigenvalue weighted by Crippen LogP contribution is -2.62. The first-order valence-electron chi connectivity index (χ1n) is 7.60. The summed E-state index contributed by atoms with van der Waals surface area (Å²) in [6.45, 7) is 10.8. The highest BCUT2D eigenvalue weighted by molar-refractivity contribution is 7.54. The lowest BCUT2D eigenvalue weighted by molar-refractivity contribution is -0.0351. The van der Waals surface area contributed by atoms with E-state index < -0.39 is 37.3 Å². The molecule has 0 bridgehead atoms. The summed E-state index contributed by atoms with van der Waals surface area (Å²) in [5, 5.41) is -1.50. The van der Waals surface area contributed by atoms with Crippen LogP contribution in [0.3, 0.4) is 0 Å². The Labute approximate surface area is 133 Å². The van der Waals surface area contributed by atoms with Crippen molar-refractivity contribution in [3.63, 3.8) is 0 Å². The predicted molar refractivity (Wildman–Crippen MR) is 86.8 cm³/mol. The fourth-order valence-corrected chi connectivity index (χ4v) is 8.12. The monoisotopic (exact) mass is 356 g/mol. The van der Waals surface area contributed by atoms with Crippen molar-refractivity contribution in [1.29, 1.82) is 0 Å². The van der Waals surface area contributed by atoms with Gasteiger partial charge in [-0.1, -0.05) is 34.6 Å². The Balaban J connectivity index is 3.57. The van der Waals surface area contributed by atoms with E-state index in [1.54, 1.807) is 6.92 Å². The zero-order valence-electron chi connectivity index (χ0n) is 14.3. The third-order valence-corrected chi connectivity index (χ3v) is 9.70. The molecule has 22 heavy (non-hydrogen) atoms. The number of rotatable bonds is 4. The molecule has 0 aromatic rings. The van der Waals surface area contributed by atoms with E-state index in [1.165, 1.54) is 6.92 Å². The van der Waals surface area contributed by atoms with Crippen LogP contribution in [0.5, 0.6) is 0 Å². The molecule has 0 radical (unpaired) electrons. The molecule has 1 saturated carbocycles. The van der Waals surface area contributed by atoms with Crippen LogP contribution >= 0.6 is 15.2 Å². The van der Waals surface area contributed by atoms with Gasteiger partial charge in [-0.15, -0.1) is 0 Å². The summed E-state index contributed by atoms with van der Waals surface area (Å²) in [6, 6.07) is 0. The fraction of sp³-hybridized carbons (Fsp3) is 1.00. The fourth-order valence-electron chi connectivity index (χ4n) is 4.80. The van der Waals surface area contributed by atoms with Crippen LogP contribution < -0.4 is 0 Å².